The summed E-state index contributed by atoms with van der Waals surface area (Å²) in [6.07, 6.45) is 3.42. The standard InChI is InChI=1S/C15H14FNO3/c16-11-3-1-2-10(8-11)12-13(18)14(20-15(12)17)9-4-6-19-7-5-9/h1-4,6,8-9,14H,5,7,17H2. The molecule has 0 fully saturated rings. The van der Waals surface area contributed by atoms with Crippen molar-refractivity contribution < 1.29 is 18.7 Å². The van der Waals surface area contributed by atoms with Crippen molar-refractivity contribution in [1.29, 1.82) is 0 Å². The van der Waals surface area contributed by atoms with Gasteiger partial charge in [0, 0.05) is 5.92 Å². The molecule has 0 aliphatic carbocycles. The van der Waals surface area contributed by atoms with Crippen molar-refractivity contribution >= 4 is 11.4 Å². The number of ketones is 1. The summed E-state index contributed by atoms with van der Waals surface area (Å²) in [7, 11) is 0. The molecule has 2 unspecified atom stereocenters. The number of hydrogen-bond donors (Lipinski definition) is 1. The van der Waals surface area contributed by atoms with Crippen LogP contribution < -0.4 is 5.73 Å². The molecule has 3 rings (SSSR count). The number of benzene rings is 1. The smallest absolute Gasteiger partial charge is 0.209 e. The molecular weight excluding hydrogens is 261 g/mol. The Morgan fingerprint density at radius 2 is 2.20 bits per heavy atom. The first kappa shape index (κ1) is 12.7. The highest BCUT2D eigenvalue weighted by molar-refractivity contribution is 6.25. The monoisotopic (exact) mass is 275 g/mol. The second-order valence-corrected chi connectivity index (χ2v) is 4.80. The summed E-state index contributed by atoms with van der Waals surface area (Å²) in [4.78, 5) is 12.5. The normalized spacial score (nSPS) is 25.6. The number of carbonyl (C=O) groups excluding carboxylic acids is 1. The lowest BCUT2D eigenvalue weighted by molar-refractivity contribution is -0.122. The fourth-order valence-electron chi connectivity index (χ4n) is 2.50. The van der Waals surface area contributed by atoms with Crippen LogP contribution in [0.2, 0.25) is 0 Å². The molecule has 2 aliphatic heterocycles. The predicted molar refractivity (Wildman–Crippen MR) is 70.6 cm³/mol. The molecule has 20 heavy (non-hydrogen) atoms. The van der Waals surface area contributed by atoms with Crippen molar-refractivity contribution in [2.24, 2.45) is 11.7 Å². The van der Waals surface area contributed by atoms with Gasteiger partial charge in [0.2, 0.25) is 5.78 Å². The Kier molecular flexibility index (Phi) is 3.18. The SMILES string of the molecule is NC1=C(c2cccc(F)c2)C(=O)C(C2C=COCC2)O1. The third-order valence-electron chi connectivity index (χ3n) is 3.50. The van der Waals surface area contributed by atoms with Gasteiger partial charge in [-0.25, -0.2) is 4.39 Å². The fourth-order valence-corrected chi connectivity index (χ4v) is 2.50. The van der Waals surface area contributed by atoms with E-state index in [-0.39, 0.29) is 23.2 Å². The van der Waals surface area contributed by atoms with Gasteiger partial charge in [-0.3, -0.25) is 4.79 Å². The number of halogens is 1. The number of nitrogens with two attached hydrogens (primary N) is 1. The largest absolute Gasteiger partial charge is 0.501 e. The van der Waals surface area contributed by atoms with Crippen LogP contribution in [0.3, 0.4) is 0 Å². The van der Waals surface area contributed by atoms with E-state index in [1.807, 2.05) is 0 Å². The van der Waals surface area contributed by atoms with Crippen LogP contribution in [0.15, 0.2) is 42.5 Å². The van der Waals surface area contributed by atoms with E-state index < -0.39 is 11.9 Å². The molecule has 2 heterocycles. The van der Waals surface area contributed by atoms with Gasteiger partial charge in [-0.05, 0) is 30.2 Å². The molecule has 0 spiro atoms. The molecule has 2 N–H and O–H groups in total. The van der Waals surface area contributed by atoms with Gasteiger partial charge in [-0.15, -0.1) is 0 Å². The zero-order valence-electron chi connectivity index (χ0n) is 10.7. The number of carbonyl (C=O) groups is 1. The summed E-state index contributed by atoms with van der Waals surface area (Å²) < 4.78 is 23.9. The molecule has 1 aromatic rings. The lowest BCUT2D eigenvalue weighted by Gasteiger charge is -2.21. The average Bonchev–Trinajstić information content (AvgIpc) is 2.75. The van der Waals surface area contributed by atoms with Crippen LogP contribution in [-0.2, 0) is 14.3 Å². The molecule has 2 atom stereocenters. The molecule has 0 radical (unpaired) electrons. The highest BCUT2D eigenvalue weighted by Gasteiger charge is 2.39. The van der Waals surface area contributed by atoms with Crippen LogP contribution >= 0.6 is 0 Å². The molecule has 0 bridgehead atoms. The van der Waals surface area contributed by atoms with Gasteiger partial charge in [0.15, 0.2) is 12.0 Å². The molecule has 0 amide bonds. The van der Waals surface area contributed by atoms with Crippen LogP contribution in [0.1, 0.15) is 12.0 Å². The van der Waals surface area contributed by atoms with Crippen molar-refractivity contribution in [3.8, 4) is 0 Å². The zero-order valence-corrected chi connectivity index (χ0v) is 10.7. The van der Waals surface area contributed by atoms with Crippen molar-refractivity contribution in [3.05, 3.63) is 53.9 Å². The number of rotatable bonds is 2. The maximum Gasteiger partial charge on any atom is 0.209 e. The summed E-state index contributed by atoms with van der Waals surface area (Å²) in [5.41, 5.74) is 6.52. The highest BCUT2D eigenvalue weighted by Crippen LogP contribution is 2.33. The summed E-state index contributed by atoms with van der Waals surface area (Å²) in [6.45, 7) is 0.545. The minimum atomic E-state index is -0.645. The first-order chi connectivity index (χ1) is 9.66. The Morgan fingerprint density at radius 3 is 2.90 bits per heavy atom. The number of Topliss-reactive ketones (excluding diaryl/α,β-unsaturated/α-hetero) is 1. The van der Waals surface area contributed by atoms with E-state index in [0.717, 1.165) is 0 Å². The summed E-state index contributed by atoms with van der Waals surface area (Å²) in [5, 5.41) is 0. The lowest BCUT2D eigenvalue weighted by Crippen LogP contribution is -2.29. The lowest BCUT2D eigenvalue weighted by atomic mass is 9.91. The van der Waals surface area contributed by atoms with E-state index in [1.54, 1.807) is 24.5 Å². The van der Waals surface area contributed by atoms with Crippen molar-refractivity contribution in [3.63, 3.8) is 0 Å². The zero-order chi connectivity index (χ0) is 14.1. The van der Waals surface area contributed by atoms with E-state index in [1.165, 1.54) is 12.1 Å². The quantitative estimate of drug-likeness (QED) is 0.896. The molecule has 0 saturated carbocycles. The third kappa shape index (κ3) is 2.15. The van der Waals surface area contributed by atoms with Gasteiger partial charge < -0.3 is 15.2 Å². The average molecular weight is 275 g/mol. The predicted octanol–water partition coefficient (Wildman–Crippen LogP) is 1.97. The minimum absolute atomic E-state index is 0.0606. The highest BCUT2D eigenvalue weighted by atomic mass is 19.1. The van der Waals surface area contributed by atoms with E-state index in [0.29, 0.717) is 18.6 Å². The van der Waals surface area contributed by atoms with E-state index in [4.69, 9.17) is 15.2 Å². The molecule has 2 aliphatic rings. The fraction of sp³-hybridized carbons (Fsp3) is 0.267. The molecule has 0 saturated heterocycles. The Hall–Kier alpha value is -2.30. The Bertz CT molecular complexity index is 609. The van der Waals surface area contributed by atoms with Gasteiger partial charge >= 0.3 is 0 Å². The Balaban J connectivity index is 1.89. The second kappa shape index (κ2) is 5.00. The van der Waals surface area contributed by atoms with Crippen LogP contribution in [0.4, 0.5) is 4.39 Å². The Morgan fingerprint density at radius 1 is 1.35 bits per heavy atom. The summed E-state index contributed by atoms with van der Waals surface area (Å²) in [5.74, 6) is -0.624. The molecule has 5 heteroatoms. The van der Waals surface area contributed by atoms with Crippen molar-refractivity contribution in [2.75, 3.05) is 6.61 Å². The first-order valence-corrected chi connectivity index (χ1v) is 6.41. The van der Waals surface area contributed by atoms with Gasteiger partial charge in [0.05, 0.1) is 18.4 Å². The molecule has 1 aromatic carbocycles. The number of hydrogen-bond acceptors (Lipinski definition) is 4. The minimum Gasteiger partial charge on any atom is -0.501 e. The van der Waals surface area contributed by atoms with E-state index in [2.05, 4.69) is 0 Å². The molecule has 104 valence electrons. The topological polar surface area (TPSA) is 61.6 Å². The van der Waals surface area contributed by atoms with Crippen molar-refractivity contribution in [2.45, 2.75) is 12.5 Å². The maximum atomic E-state index is 13.3. The van der Waals surface area contributed by atoms with Gasteiger partial charge in [-0.1, -0.05) is 12.1 Å². The van der Waals surface area contributed by atoms with Crippen LogP contribution in [-0.4, -0.2) is 18.5 Å². The maximum absolute atomic E-state index is 13.3. The second-order valence-electron chi connectivity index (χ2n) is 4.80. The third-order valence-corrected chi connectivity index (χ3v) is 3.50. The van der Waals surface area contributed by atoms with E-state index in [9.17, 15) is 9.18 Å². The van der Waals surface area contributed by atoms with Crippen LogP contribution in [0, 0.1) is 11.7 Å². The first-order valence-electron chi connectivity index (χ1n) is 6.41. The van der Waals surface area contributed by atoms with Crippen molar-refractivity contribution in [1.82, 2.24) is 0 Å². The van der Waals surface area contributed by atoms with Gasteiger partial charge in [-0.2, -0.15) is 0 Å². The molecule has 0 aromatic heterocycles. The summed E-state index contributed by atoms with van der Waals surface area (Å²) in [6, 6.07) is 5.79. The van der Waals surface area contributed by atoms with Gasteiger partial charge in [0.25, 0.3) is 0 Å². The Labute approximate surface area is 115 Å². The van der Waals surface area contributed by atoms with E-state index >= 15 is 0 Å². The molecular formula is C15H14FNO3. The summed E-state index contributed by atoms with van der Waals surface area (Å²) >= 11 is 0. The van der Waals surface area contributed by atoms with Gasteiger partial charge in [0.1, 0.15) is 5.82 Å². The number of ether oxygens (including phenoxy) is 2. The van der Waals surface area contributed by atoms with Crippen LogP contribution in [0.5, 0.6) is 0 Å². The molecule has 4 nitrogen and oxygen atoms in total. The van der Waals surface area contributed by atoms with Crippen LogP contribution in [0.25, 0.3) is 5.57 Å².